The monoisotopic (exact) mass is 343 g/mol. The van der Waals surface area contributed by atoms with Crippen LogP contribution >= 0.6 is 23.1 Å². The molecule has 1 aromatic rings. The van der Waals surface area contributed by atoms with Crippen LogP contribution in [0.2, 0.25) is 0 Å². The van der Waals surface area contributed by atoms with E-state index in [0.29, 0.717) is 13.0 Å². The second-order valence-corrected chi connectivity index (χ2v) is 8.00. The largest absolute Gasteiger partial charge is 0.352 e. The molecule has 0 aliphatic carbocycles. The lowest BCUT2D eigenvalue weighted by molar-refractivity contribution is -0.136. The Labute approximate surface area is 138 Å². The summed E-state index contributed by atoms with van der Waals surface area (Å²) in [7, 11) is 0. The summed E-state index contributed by atoms with van der Waals surface area (Å²) in [4.78, 5) is 26.2. The minimum atomic E-state index is -0.471. The molecule has 9 heteroatoms. The highest BCUT2D eigenvalue weighted by Crippen LogP contribution is 2.24. The Kier molecular flexibility index (Phi) is 5.76. The van der Waals surface area contributed by atoms with Crippen molar-refractivity contribution in [2.75, 3.05) is 12.3 Å². The second-order valence-electron chi connectivity index (χ2n) is 5.60. The Morgan fingerprint density at radius 3 is 2.82 bits per heavy atom. The predicted octanol–water partition coefficient (Wildman–Crippen LogP) is 0.391. The molecule has 0 radical (unpaired) electrons. The zero-order chi connectivity index (χ0) is 16.3. The maximum Gasteiger partial charge on any atom is 0.243 e. The lowest BCUT2D eigenvalue weighted by Crippen LogP contribution is -2.48. The highest BCUT2D eigenvalue weighted by Gasteiger charge is 2.38. The van der Waals surface area contributed by atoms with Crippen LogP contribution in [0.5, 0.6) is 0 Å². The summed E-state index contributed by atoms with van der Waals surface area (Å²) >= 11 is 2.80. The normalized spacial score (nSPS) is 21.4. The molecule has 2 amide bonds. The van der Waals surface area contributed by atoms with Gasteiger partial charge < -0.3 is 16.0 Å². The van der Waals surface area contributed by atoms with Crippen molar-refractivity contribution < 1.29 is 9.59 Å². The summed E-state index contributed by atoms with van der Waals surface area (Å²) in [5, 5.41) is 11.6. The molecule has 0 saturated carbocycles. The minimum Gasteiger partial charge on any atom is -0.352 e. The van der Waals surface area contributed by atoms with E-state index in [0.717, 1.165) is 9.35 Å². The quantitative estimate of drug-likeness (QED) is 0.750. The van der Waals surface area contributed by atoms with Crippen LogP contribution in [0.3, 0.4) is 0 Å². The van der Waals surface area contributed by atoms with Gasteiger partial charge in [-0.2, -0.15) is 0 Å². The number of nitrogens with one attached hydrogen (secondary N) is 1. The Balaban J connectivity index is 1.95. The van der Waals surface area contributed by atoms with Crippen LogP contribution in [0, 0.1) is 6.92 Å². The molecule has 2 heterocycles. The van der Waals surface area contributed by atoms with Gasteiger partial charge in [0, 0.05) is 18.6 Å². The summed E-state index contributed by atoms with van der Waals surface area (Å²) in [6.45, 7) is 6.08. The number of nitrogens with zero attached hydrogens (tertiary/aromatic N) is 3. The Bertz CT molecular complexity index is 548. The number of rotatable bonds is 5. The van der Waals surface area contributed by atoms with Crippen molar-refractivity contribution >= 4 is 34.9 Å². The van der Waals surface area contributed by atoms with Gasteiger partial charge in [-0.3, -0.25) is 9.59 Å². The van der Waals surface area contributed by atoms with Gasteiger partial charge in [-0.15, -0.1) is 10.2 Å². The van der Waals surface area contributed by atoms with E-state index in [2.05, 4.69) is 15.5 Å². The molecule has 0 unspecified atom stereocenters. The van der Waals surface area contributed by atoms with Crippen LogP contribution in [0.25, 0.3) is 0 Å². The van der Waals surface area contributed by atoms with Crippen LogP contribution in [-0.4, -0.2) is 57.3 Å². The number of hydrogen-bond donors (Lipinski definition) is 2. The molecule has 1 aromatic heterocycles. The van der Waals surface area contributed by atoms with Gasteiger partial charge in [-0.1, -0.05) is 23.1 Å². The molecule has 2 atom stereocenters. The first kappa shape index (κ1) is 17.2. The van der Waals surface area contributed by atoms with E-state index >= 15 is 0 Å². The first-order valence-electron chi connectivity index (χ1n) is 7.15. The van der Waals surface area contributed by atoms with E-state index in [1.54, 1.807) is 4.90 Å². The van der Waals surface area contributed by atoms with Gasteiger partial charge in [0.25, 0.3) is 0 Å². The summed E-state index contributed by atoms with van der Waals surface area (Å²) in [5.41, 5.74) is 5.93. The molecule has 0 aromatic carbocycles. The molecule has 2 rings (SSSR count). The average Bonchev–Trinajstić information content (AvgIpc) is 3.01. The van der Waals surface area contributed by atoms with Gasteiger partial charge in [-0.05, 0) is 27.2 Å². The number of thioether (sulfide) groups is 1. The molecule has 122 valence electrons. The first-order valence-corrected chi connectivity index (χ1v) is 8.95. The number of nitrogens with two attached hydrogens (primary N) is 1. The highest BCUT2D eigenvalue weighted by molar-refractivity contribution is 8.01. The number of carbonyl (C=O) groups is 2. The van der Waals surface area contributed by atoms with Crippen LogP contribution in [0.15, 0.2) is 4.34 Å². The molecule has 22 heavy (non-hydrogen) atoms. The third-order valence-corrected chi connectivity index (χ3v) is 5.17. The molecule has 0 spiro atoms. The molecule has 1 aliphatic rings. The summed E-state index contributed by atoms with van der Waals surface area (Å²) in [6.07, 6.45) is 0.507. The van der Waals surface area contributed by atoms with E-state index in [9.17, 15) is 9.59 Å². The smallest absolute Gasteiger partial charge is 0.243 e. The zero-order valence-electron chi connectivity index (χ0n) is 12.9. The summed E-state index contributed by atoms with van der Waals surface area (Å²) in [5.74, 6) is 0.0232. The maximum atomic E-state index is 12.4. The molecule has 7 nitrogen and oxygen atoms in total. The van der Waals surface area contributed by atoms with Crippen molar-refractivity contribution in [2.24, 2.45) is 5.73 Å². The second kappa shape index (κ2) is 7.38. The molecule has 1 saturated heterocycles. The van der Waals surface area contributed by atoms with E-state index in [-0.39, 0.29) is 29.7 Å². The summed E-state index contributed by atoms with van der Waals surface area (Å²) in [6, 6.07) is -0.581. The molecule has 1 fully saturated rings. The standard InChI is InChI=1S/C13H21N5O2S2/c1-7(2)15-12(20)10-4-9(14)5-18(10)11(19)6-21-13-17-16-8(3)22-13/h7,9-10H,4-6,14H2,1-3H3,(H,15,20)/t9-,10-/m0/s1. The fourth-order valence-corrected chi connectivity index (χ4v) is 4.02. The number of likely N-dealkylation sites (tertiary alicyclic amines) is 1. The van der Waals surface area contributed by atoms with Crippen molar-refractivity contribution in [1.82, 2.24) is 20.4 Å². The SMILES string of the molecule is Cc1nnc(SCC(=O)N2C[C@@H](N)C[C@H]2C(=O)NC(C)C)s1. The molecule has 3 N–H and O–H groups in total. The molecular weight excluding hydrogens is 322 g/mol. The maximum absolute atomic E-state index is 12.4. The van der Waals surface area contributed by atoms with Crippen LogP contribution in [0.4, 0.5) is 0 Å². The molecule has 1 aliphatic heterocycles. The number of carbonyl (C=O) groups excluding carboxylic acids is 2. The summed E-state index contributed by atoms with van der Waals surface area (Å²) < 4.78 is 0.762. The molecular formula is C13H21N5O2S2. The van der Waals surface area contributed by atoms with Gasteiger partial charge in [0.15, 0.2) is 4.34 Å². The van der Waals surface area contributed by atoms with Crippen molar-refractivity contribution in [3.63, 3.8) is 0 Å². The topological polar surface area (TPSA) is 101 Å². The molecule has 0 bridgehead atoms. The van der Waals surface area contributed by atoms with Gasteiger partial charge in [0.1, 0.15) is 11.0 Å². The zero-order valence-corrected chi connectivity index (χ0v) is 14.5. The van der Waals surface area contributed by atoms with Crippen molar-refractivity contribution in [1.29, 1.82) is 0 Å². The third-order valence-electron chi connectivity index (χ3n) is 3.21. The Hall–Kier alpha value is -1.19. The third kappa shape index (κ3) is 4.40. The van der Waals surface area contributed by atoms with Gasteiger partial charge in [0.05, 0.1) is 5.75 Å². The predicted molar refractivity (Wildman–Crippen MR) is 86.7 cm³/mol. The fourth-order valence-electron chi connectivity index (χ4n) is 2.32. The van der Waals surface area contributed by atoms with E-state index in [1.165, 1.54) is 23.1 Å². The van der Waals surface area contributed by atoms with Crippen molar-refractivity contribution in [3.05, 3.63) is 5.01 Å². The van der Waals surface area contributed by atoms with E-state index < -0.39 is 6.04 Å². The lowest BCUT2D eigenvalue weighted by Gasteiger charge is -2.24. The number of aryl methyl sites for hydroxylation is 1. The fraction of sp³-hybridized carbons (Fsp3) is 0.692. The van der Waals surface area contributed by atoms with Crippen LogP contribution in [0.1, 0.15) is 25.3 Å². The van der Waals surface area contributed by atoms with Gasteiger partial charge >= 0.3 is 0 Å². The van der Waals surface area contributed by atoms with E-state index in [4.69, 9.17) is 5.73 Å². The Morgan fingerprint density at radius 2 is 2.23 bits per heavy atom. The van der Waals surface area contributed by atoms with Crippen LogP contribution < -0.4 is 11.1 Å². The van der Waals surface area contributed by atoms with Crippen LogP contribution in [-0.2, 0) is 9.59 Å². The Morgan fingerprint density at radius 1 is 1.50 bits per heavy atom. The average molecular weight is 343 g/mol. The number of amides is 2. The number of aromatic nitrogens is 2. The lowest BCUT2D eigenvalue weighted by atomic mass is 10.1. The van der Waals surface area contributed by atoms with Gasteiger partial charge in [-0.25, -0.2) is 0 Å². The minimum absolute atomic E-state index is 0.0417. The highest BCUT2D eigenvalue weighted by atomic mass is 32.2. The van der Waals surface area contributed by atoms with E-state index in [1.807, 2.05) is 20.8 Å². The van der Waals surface area contributed by atoms with Gasteiger partial charge in [0.2, 0.25) is 11.8 Å². The van der Waals surface area contributed by atoms with Crippen molar-refractivity contribution in [3.8, 4) is 0 Å². The first-order chi connectivity index (χ1) is 10.4. The van der Waals surface area contributed by atoms with Crippen molar-refractivity contribution in [2.45, 2.75) is 49.7 Å². The number of hydrogen-bond acceptors (Lipinski definition) is 7.